The van der Waals surface area contributed by atoms with E-state index < -0.39 is 8.32 Å². The Morgan fingerprint density at radius 2 is 1.72 bits per heavy atom. The predicted octanol–water partition coefficient (Wildman–Crippen LogP) is 5.87. The van der Waals surface area contributed by atoms with E-state index >= 15 is 0 Å². The molecule has 0 unspecified atom stereocenters. The first-order valence-corrected chi connectivity index (χ1v) is 12.1. The fraction of sp³-hybridized carbons (Fsp3) is 0.571. The first-order chi connectivity index (χ1) is 11.7. The number of ether oxygens (including phenoxy) is 1. The van der Waals surface area contributed by atoms with Gasteiger partial charge in [-0.15, -0.1) is 0 Å². The topological polar surface area (TPSA) is 35.5 Å². The van der Waals surface area contributed by atoms with Gasteiger partial charge in [0.1, 0.15) is 6.61 Å². The van der Waals surface area contributed by atoms with Gasteiger partial charge in [-0.2, -0.15) is 0 Å². The van der Waals surface area contributed by atoms with E-state index in [-0.39, 0.29) is 11.0 Å². The minimum atomic E-state index is -1.63. The molecule has 1 aromatic carbocycles. The number of allylic oxidation sites excluding steroid dienone is 1. The molecule has 0 aliphatic heterocycles. The summed E-state index contributed by atoms with van der Waals surface area (Å²) in [6, 6.07) is 9.77. The largest absolute Gasteiger partial charge is 0.461 e. The molecule has 0 aliphatic rings. The van der Waals surface area contributed by atoms with E-state index in [2.05, 4.69) is 46.0 Å². The second-order valence-corrected chi connectivity index (χ2v) is 12.7. The van der Waals surface area contributed by atoms with E-state index in [1.165, 1.54) is 0 Å². The maximum atomic E-state index is 11.7. The number of carbonyl (C=O) groups excluding carboxylic acids is 1. The van der Waals surface area contributed by atoms with Crippen molar-refractivity contribution in [3.63, 3.8) is 0 Å². The molecule has 25 heavy (non-hydrogen) atoms. The SMILES string of the molecule is CC(C)(C)[Si](C)(C)OCC/C=C\CCCC(=O)OCc1ccccc1. The van der Waals surface area contributed by atoms with Crippen LogP contribution in [0.15, 0.2) is 42.5 Å². The monoisotopic (exact) mass is 362 g/mol. The van der Waals surface area contributed by atoms with Crippen LogP contribution in [0.25, 0.3) is 0 Å². The van der Waals surface area contributed by atoms with Gasteiger partial charge in [-0.3, -0.25) is 4.79 Å². The van der Waals surface area contributed by atoms with E-state index in [1.807, 2.05) is 30.3 Å². The zero-order valence-corrected chi connectivity index (χ0v) is 17.5. The molecule has 1 rings (SSSR count). The van der Waals surface area contributed by atoms with Crippen LogP contribution in [-0.4, -0.2) is 20.9 Å². The molecule has 0 aromatic heterocycles. The highest BCUT2D eigenvalue weighted by atomic mass is 28.4. The van der Waals surface area contributed by atoms with Gasteiger partial charge in [-0.1, -0.05) is 63.3 Å². The van der Waals surface area contributed by atoms with Crippen LogP contribution in [0.1, 0.15) is 52.0 Å². The van der Waals surface area contributed by atoms with Crippen molar-refractivity contribution in [2.24, 2.45) is 0 Å². The quantitative estimate of drug-likeness (QED) is 0.226. The van der Waals surface area contributed by atoms with Crippen molar-refractivity contribution >= 4 is 14.3 Å². The second-order valence-electron chi connectivity index (χ2n) is 7.91. The van der Waals surface area contributed by atoms with E-state index in [0.717, 1.165) is 31.4 Å². The van der Waals surface area contributed by atoms with Gasteiger partial charge >= 0.3 is 5.97 Å². The standard InChI is InChI=1S/C21H34O3Si/c1-21(2,3)25(4,5)24-17-13-8-6-7-12-16-20(22)23-18-19-14-10-9-11-15-19/h6,8-11,14-15H,7,12-13,16-18H2,1-5H3/b8-6-. The third-order valence-electron chi connectivity index (χ3n) is 4.71. The van der Waals surface area contributed by atoms with Gasteiger partial charge in [0.2, 0.25) is 0 Å². The summed E-state index contributed by atoms with van der Waals surface area (Å²) in [4.78, 5) is 11.7. The average molecular weight is 363 g/mol. The lowest BCUT2D eigenvalue weighted by molar-refractivity contribution is -0.145. The number of hydrogen-bond donors (Lipinski definition) is 0. The lowest BCUT2D eigenvalue weighted by Crippen LogP contribution is -2.40. The Morgan fingerprint density at radius 1 is 1.08 bits per heavy atom. The molecular formula is C21H34O3Si. The highest BCUT2D eigenvalue weighted by Gasteiger charge is 2.36. The third kappa shape index (κ3) is 9.03. The molecule has 0 amide bonds. The fourth-order valence-electron chi connectivity index (χ4n) is 2.01. The lowest BCUT2D eigenvalue weighted by atomic mass is 10.2. The zero-order valence-electron chi connectivity index (χ0n) is 16.5. The van der Waals surface area contributed by atoms with Crippen LogP contribution in [0, 0.1) is 0 Å². The molecule has 0 N–H and O–H groups in total. The molecule has 0 saturated heterocycles. The minimum Gasteiger partial charge on any atom is -0.461 e. The summed E-state index contributed by atoms with van der Waals surface area (Å²) in [5.41, 5.74) is 1.03. The molecule has 140 valence electrons. The van der Waals surface area contributed by atoms with Crippen molar-refractivity contribution in [3.8, 4) is 0 Å². The average Bonchev–Trinajstić information content (AvgIpc) is 2.55. The number of rotatable bonds is 10. The molecule has 0 spiro atoms. The summed E-state index contributed by atoms with van der Waals surface area (Å²) in [5.74, 6) is -0.126. The number of benzene rings is 1. The highest BCUT2D eigenvalue weighted by Crippen LogP contribution is 2.36. The van der Waals surface area contributed by atoms with Gasteiger partial charge in [-0.25, -0.2) is 0 Å². The Hall–Kier alpha value is -1.39. The van der Waals surface area contributed by atoms with Crippen LogP contribution in [0.4, 0.5) is 0 Å². The molecule has 0 fully saturated rings. The van der Waals surface area contributed by atoms with Crippen LogP contribution in [-0.2, 0) is 20.6 Å². The fourth-order valence-corrected chi connectivity index (χ4v) is 3.07. The molecule has 0 bridgehead atoms. The van der Waals surface area contributed by atoms with E-state index in [9.17, 15) is 4.79 Å². The summed E-state index contributed by atoms with van der Waals surface area (Å²) < 4.78 is 11.4. The van der Waals surface area contributed by atoms with Crippen LogP contribution < -0.4 is 0 Å². The maximum absolute atomic E-state index is 11.7. The molecule has 0 atom stereocenters. The molecule has 0 saturated carbocycles. The summed E-state index contributed by atoms with van der Waals surface area (Å²) in [6.07, 6.45) is 7.43. The molecular weight excluding hydrogens is 328 g/mol. The van der Waals surface area contributed by atoms with Gasteiger partial charge < -0.3 is 9.16 Å². The molecule has 0 aliphatic carbocycles. The van der Waals surface area contributed by atoms with Gasteiger partial charge in [0, 0.05) is 13.0 Å². The molecule has 0 heterocycles. The first kappa shape index (κ1) is 21.6. The van der Waals surface area contributed by atoms with Crippen LogP contribution in [0.3, 0.4) is 0 Å². The molecule has 4 heteroatoms. The molecule has 1 aromatic rings. The summed E-state index contributed by atoms with van der Waals surface area (Å²) in [5, 5.41) is 0.261. The zero-order chi connectivity index (χ0) is 18.8. The van der Waals surface area contributed by atoms with Crippen molar-refractivity contribution < 1.29 is 14.0 Å². The summed E-state index contributed by atoms with van der Waals surface area (Å²) in [7, 11) is -1.63. The Morgan fingerprint density at radius 3 is 2.36 bits per heavy atom. The maximum Gasteiger partial charge on any atom is 0.306 e. The number of unbranched alkanes of at least 4 members (excludes halogenated alkanes) is 1. The first-order valence-electron chi connectivity index (χ1n) is 9.21. The van der Waals surface area contributed by atoms with Crippen LogP contribution >= 0.6 is 0 Å². The Labute approximate surface area is 154 Å². The summed E-state index contributed by atoms with van der Waals surface area (Å²) in [6.45, 7) is 12.5. The third-order valence-corrected chi connectivity index (χ3v) is 9.25. The van der Waals surface area contributed by atoms with E-state index in [0.29, 0.717) is 13.0 Å². The minimum absolute atomic E-state index is 0.126. The van der Waals surface area contributed by atoms with Crippen LogP contribution in [0.5, 0.6) is 0 Å². The predicted molar refractivity (Wildman–Crippen MR) is 107 cm³/mol. The Balaban J connectivity index is 2.07. The number of hydrogen-bond acceptors (Lipinski definition) is 3. The lowest BCUT2D eigenvalue weighted by Gasteiger charge is -2.36. The van der Waals surface area contributed by atoms with Crippen molar-refractivity contribution in [2.45, 2.75) is 71.2 Å². The van der Waals surface area contributed by atoms with Gasteiger partial charge in [0.25, 0.3) is 0 Å². The van der Waals surface area contributed by atoms with Gasteiger partial charge in [-0.05, 0) is 43.0 Å². The van der Waals surface area contributed by atoms with Gasteiger partial charge in [0.05, 0.1) is 0 Å². The molecule has 3 nitrogen and oxygen atoms in total. The Bertz CT molecular complexity index is 530. The Kier molecular flexibility index (Phi) is 9.15. The van der Waals surface area contributed by atoms with Crippen molar-refractivity contribution in [1.82, 2.24) is 0 Å². The van der Waals surface area contributed by atoms with Crippen molar-refractivity contribution in [1.29, 1.82) is 0 Å². The smallest absolute Gasteiger partial charge is 0.306 e. The van der Waals surface area contributed by atoms with Crippen molar-refractivity contribution in [2.75, 3.05) is 6.61 Å². The number of carbonyl (C=O) groups is 1. The van der Waals surface area contributed by atoms with Crippen LogP contribution in [0.2, 0.25) is 18.1 Å². The molecule has 0 radical (unpaired) electrons. The summed E-state index contributed by atoms with van der Waals surface area (Å²) >= 11 is 0. The highest BCUT2D eigenvalue weighted by molar-refractivity contribution is 6.74. The normalized spacial score (nSPS) is 12.5. The van der Waals surface area contributed by atoms with E-state index in [4.69, 9.17) is 9.16 Å². The van der Waals surface area contributed by atoms with Gasteiger partial charge in [0.15, 0.2) is 8.32 Å². The van der Waals surface area contributed by atoms with Crippen molar-refractivity contribution in [3.05, 3.63) is 48.0 Å². The number of esters is 1. The second kappa shape index (κ2) is 10.6. The van der Waals surface area contributed by atoms with E-state index in [1.54, 1.807) is 0 Å².